The lowest BCUT2D eigenvalue weighted by molar-refractivity contribution is -0.525. The number of carboxylic acids is 1. The van der Waals surface area contributed by atoms with Crippen LogP contribution >= 0.6 is 0 Å². The number of carboxylic acid groups (broad SMARTS) is 1. The number of hydrogen-bond donors (Lipinski definition) is 2. The Labute approximate surface area is 79.1 Å². The number of hydrogen-bond acceptors (Lipinski definition) is 6. The molecule has 0 aromatic rings. The van der Waals surface area contributed by atoms with E-state index in [2.05, 4.69) is 10.3 Å². The molecule has 1 atom stereocenters. The van der Waals surface area contributed by atoms with E-state index in [9.17, 15) is 20.0 Å². The van der Waals surface area contributed by atoms with Gasteiger partial charge in [0.1, 0.15) is 0 Å². The molecule has 78 valence electrons. The predicted octanol–water partition coefficient (Wildman–Crippen LogP) is -2.37. The van der Waals surface area contributed by atoms with Crippen LogP contribution in [0.4, 0.5) is 0 Å². The number of aliphatic carboxylic acids is 1. The zero-order valence-electron chi connectivity index (χ0n) is 7.23. The molecule has 0 fully saturated rings. The van der Waals surface area contributed by atoms with E-state index in [0.29, 0.717) is 19.4 Å². The molecule has 0 bridgehead atoms. The standard InChI is InChI=1S/C6H10N4O4/c11-5(12)4-2-1-3-7-6(8-4)9-10(13)14/h4H,1-3H2,(H,11,12)(H2,7,8,9)/p-1/t4-/m1/s1. The van der Waals surface area contributed by atoms with E-state index in [1.807, 2.05) is 0 Å². The smallest absolute Gasteiger partial charge is 0.254 e. The molecule has 0 aromatic carbocycles. The average molecular weight is 201 g/mol. The van der Waals surface area contributed by atoms with E-state index in [4.69, 9.17) is 0 Å². The molecule has 0 aliphatic carbocycles. The lowest BCUT2D eigenvalue weighted by atomic mass is 10.2. The molecule has 1 aliphatic rings. The largest absolute Gasteiger partial charge is 0.548 e. The zero-order chi connectivity index (χ0) is 10.6. The van der Waals surface area contributed by atoms with Crippen molar-refractivity contribution >= 4 is 11.9 Å². The van der Waals surface area contributed by atoms with Gasteiger partial charge < -0.3 is 15.2 Å². The van der Waals surface area contributed by atoms with Crippen molar-refractivity contribution in [2.75, 3.05) is 6.54 Å². The molecule has 1 aliphatic heterocycles. The highest BCUT2D eigenvalue weighted by molar-refractivity contribution is 5.84. The van der Waals surface area contributed by atoms with Crippen LogP contribution in [0.1, 0.15) is 12.8 Å². The second kappa shape index (κ2) is 4.40. The normalized spacial score (nSPS) is 21.4. The van der Waals surface area contributed by atoms with Crippen molar-refractivity contribution in [3.63, 3.8) is 0 Å². The van der Waals surface area contributed by atoms with Gasteiger partial charge in [-0.15, -0.1) is 0 Å². The summed E-state index contributed by atoms with van der Waals surface area (Å²) < 4.78 is 0. The maximum absolute atomic E-state index is 10.5. The van der Waals surface area contributed by atoms with Gasteiger partial charge in [-0.25, -0.2) is 15.1 Å². The number of aliphatic imine (C=N–C) groups is 1. The van der Waals surface area contributed by atoms with Gasteiger partial charge in [-0.05, 0) is 12.8 Å². The minimum Gasteiger partial charge on any atom is -0.548 e. The minimum atomic E-state index is -1.29. The Morgan fingerprint density at radius 2 is 2.43 bits per heavy atom. The third kappa shape index (κ3) is 2.88. The summed E-state index contributed by atoms with van der Waals surface area (Å²) in [5, 5.41) is 22.2. The number of nitro groups is 1. The summed E-state index contributed by atoms with van der Waals surface area (Å²) in [6, 6.07) is -0.927. The molecule has 0 aromatic heterocycles. The van der Waals surface area contributed by atoms with E-state index >= 15 is 0 Å². The number of guanidine groups is 1. The van der Waals surface area contributed by atoms with Crippen molar-refractivity contribution in [1.29, 1.82) is 0 Å². The minimum absolute atomic E-state index is 0.137. The number of carbonyl (C=O) groups is 1. The van der Waals surface area contributed by atoms with Crippen LogP contribution in [0, 0.1) is 10.1 Å². The quantitative estimate of drug-likeness (QED) is 0.380. The maximum atomic E-state index is 10.5. The van der Waals surface area contributed by atoms with Gasteiger partial charge in [0, 0.05) is 6.54 Å². The Morgan fingerprint density at radius 1 is 1.71 bits per heavy atom. The molecule has 0 unspecified atom stereocenters. The van der Waals surface area contributed by atoms with E-state index in [0.717, 1.165) is 0 Å². The first-order valence-corrected chi connectivity index (χ1v) is 4.02. The molecular weight excluding hydrogens is 192 g/mol. The van der Waals surface area contributed by atoms with Gasteiger partial charge in [0.15, 0.2) is 5.03 Å². The second-order valence-electron chi connectivity index (χ2n) is 2.76. The van der Waals surface area contributed by atoms with Crippen LogP contribution in [0.5, 0.6) is 0 Å². The predicted molar refractivity (Wildman–Crippen MR) is 43.6 cm³/mol. The molecule has 14 heavy (non-hydrogen) atoms. The van der Waals surface area contributed by atoms with Gasteiger partial charge in [-0.1, -0.05) is 5.43 Å². The Morgan fingerprint density at radius 3 is 3.00 bits per heavy atom. The number of rotatable bonds is 2. The summed E-state index contributed by atoms with van der Waals surface area (Å²) in [6.07, 6.45) is 0.892. The number of nitrogens with one attached hydrogen (secondary N) is 2. The summed E-state index contributed by atoms with van der Waals surface area (Å²) in [5.74, 6) is -1.42. The summed E-state index contributed by atoms with van der Waals surface area (Å²) in [4.78, 5) is 24.3. The molecule has 0 radical (unpaired) electrons. The second-order valence-corrected chi connectivity index (χ2v) is 2.76. The first kappa shape index (κ1) is 10.2. The fraction of sp³-hybridized carbons (Fsp3) is 0.667. The number of nitrogens with zero attached hydrogens (tertiary/aromatic N) is 2. The number of carbonyl (C=O) groups excluding carboxylic acids is 1. The van der Waals surface area contributed by atoms with Gasteiger partial charge >= 0.3 is 0 Å². The van der Waals surface area contributed by atoms with E-state index in [1.54, 1.807) is 5.43 Å². The first-order valence-electron chi connectivity index (χ1n) is 4.02. The summed E-state index contributed by atoms with van der Waals surface area (Å²) in [7, 11) is 0. The van der Waals surface area contributed by atoms with Crippen molar-refractivity contribution in [3.8, 4) is 0 Å². The maximum Gasteiger partial charge on any atom is 0.254 e. The first-order chi connectivity index (χ1) is 6.59. The Kier molecular flexibility index (Phi) is 3.21. The number of hydrazine groups is 1. The lowest BCUT2D eigenvalue weighted by Crippen LogP contribution is -2.51. The van der Waals surface area contributed by atoms with Crippen molar-refractivity contribution in [2.24, 2.45) is 4.99 Å². The highest BCUT2D eigenvalue weighted by Crippen LogP contribution is 2.00. The highest BCUT2D eigenvalue weighted by Gasteiger charge is 2.17. The van der Waals surface area contributed by atoms with Crippen LogP contribution in [0.25, 0.3) is 0 Å². The van der Waals surface area contributed by atoms with Crippen LogP contribution in [0.3, 0.4) is 0 Å². The summed E-state index contributed by atoms with van der Waals surface area (Å²) >= 11 is 0. The Hall–Kier alpha value is -1.86. The van der Waals surface area contributed by atoms with E-state index < -0.39 is 17.0 Å². The van der Waals surface area contributed by atoms with Gasteiger partial charge in [0.2, 0.25) is 0 Å². The fourth-order valence-electron chi connectivity index (χ4n) is 1.10. The van der Waals surface area contributed by atoms with Crippen molar-refractivity contribution in [2.45, 2.75) is 18.9 Å². The highest BCUT2D eigenvalue weighted by atomic mass is 16.7. The SMILES string of the molecule is O=C([O-])[C@H]1CCCN=C(N[N+](=O)[O-])N1. The molecule has 8 nitrogen and oxygen atoms in total. The third-order valence-electron chi connectivity index (χ3n) is 1.71. The molecule has 0 amide bonds. The summed E-state index contributed by atoms with van der Waals surface area (Å²) in [6.45, 7) is 0.354. The van der Waals surface area contributed by atoms with Gasteiger partial charge in [-0.3, -0.25) is 0 Å². The van der Waals surface area contributed by atoms with Crippen LogP contribution in [0.2, 0.25) is 0 Å². The van der Waals surface area contributed by atoms with E-state index in [-0.39, 0.29) is 5.96 Å². The fourth-order valence-corrected chi connectivity index (χ4v) is 1.10. The van der Waals surface area contributed by atoms with Crippen LogP contribution in [-0.4, -0.2) is 29.5 Å². The van der Waals surface area contributed by atoms with Crippen molar-refractivity contribution < 1.29 is 14.9 Å². The van der Waals surface area contributed by atoms with Crippen molar-refractivity contribution in [3.05, 3.63) is 10.1 Å². The van der Waals surface area contributed by atoms with Crippen LogP contribution < -0.4 is 15.8 Å². The van der Waals surface area contributed by atoms with E-state index in [1.165, 1.54) is 0 Å². The lowest BCUT2D eigenvalue weighted by Gasteiger charge is -2.17. The molecule has 0 saturated carbocycles. The Balaban J connectivity index is 2.61. The monoisotopic (exact) mass is 201 g/mol. The van der Waals surface area contributed by atoms with Gasteiger partial charge in [0.25, 0.3) is 5.96 Å². The van der Waals surface area contributed by atoms with Crippen LogP contribution in [-0.2, 0) is 4.79 Å². The Bertz CT molecular complexity index is 277. The average Bonchev–Trinajstić information content (AvgIpc) is 2.28. The third-order valence-corrected chi connectivity index (χ3v) is 1.71. The zero-order valence-corrected chi connectivity index (χ0v) is 7.23. The van der Waals surface area contributed by atoms with Gasteiger partial charge in [-0.2, -0.15) is 0 Å². The molecule has 0 saturated heterocycles. The topological polar surface area (TPSA) is 120 Å². The molecule has 0 spiro atoms. The van der Waals surface area contributed by atoms with Crippen molar-refractivity contribution in [1.82, 2.24) is 10.7 Å². The molecule has 2 N–H and O–H groups in total. The van der Waals surface area contributed by atoms with Crippen LogP contribution in [0.15, 0.2) is 4.99 Å². The molecule has 8 heteroatoms. The molecule has 1 rings (SSSR count). The molecular formula is C6H9N4O4-. The van der Waals surface area contributed by atoms with Gasteiger partial charge in [0.05, 0.1) is 12.0 Å². The molecule has 1 heterocycles. The summed E-state index contributed by atoms with van der Waals surface area (Å²) in [5.41, 5.74) is 1.78.